The van der Waals surface area contributed by atoms with Crippen LogP contribution in [0.15, 0.2) is 18.2 Å². The first-order chi connectivity index (χ1) is 7.39. The molecule has 0 bridgehead atoms. The zero-order chi connectivity index (χ0) is 12.0. The van der Waals surface area contributed by atoms with Gasteiger partial charge in [0.05, 0.1) is 17.0 Å². The van der Waals surface area contributed by atoms with Crippen LogP contribution in [-0.2, 0) is 11.6 Å². The van der Waals surface area contributed by atoms with Crippen LogP contribution in [-0.4, -0.2) is 0 Å². The van der Waals surface area contributed by atoms with Crippen molar-refractivity contribution in [1.29, 1.82) is 5.26 Å². The molecule has 0 heterocycles. The molecule has 1 aliphatic rings. The maximum Gasteiger partial charge on any atom is 0.416 e. The van der Waals surface area contributed by atoms with Gasteiger partial charge in [0.1, 0.15) is 5.82 Å². The molecule has 2 rings (SSSR count). The Bertz CT molecular complexity index is 466. The molecule has 0 N–H and O–H groups in total. The van der Waals surface area contributed by atoms with Crippen molar-refractivity contribution in [3.8, 4) is 6.07 Å². The van der Waals surface area contributed by atoms with E-state index in [0.29, 0.717) is 18.9 Å². The lowest BCUT2D eigenvalue weighted by Crippen LogP contribution is -2.15. The summed E-state index contributed by atoms with van der Waals surface area (Å²) in [6, 6.07) is 4.35. The van der Waals surface area contributed by atoms with E-state index >= 15 is 0 Å². The van der Waals surface area contributed by atoms with Gasteiger partial charge in [0, 0.05) is 0 Å². The molecule has 1 aromatic rings. The Hall–Kier alpha value is -1.57. The minimum atomic E-state index is -4.62. The molecule has 84 valence electrons. The monoisotopic (exact) mass is 229 g/mol. The molecule has 0 atom stereocenters. The van der Waals surface area contributed by atoms with Crippen molar-refractivity contribution in [1.82, 2.24) is 0 Å². The van der Waals surface area contributed by atoms with E-state index in [4.69, 9.17) is 5.26 Å². The minimum Gasteiger partial charge on any atom is -0.207 e. The van der Waals surface area contributed by atoms with Crippen LogP contribution in [0.4, 0.5) is 17.6 Å². The first kappa shape index (κ1) is 10.9. The highest BCUT2D eigenvalue weighted by molar-refractivity contribution is 5.45. The molecule has 1 aliphatic carbocycles. The molecular formula is C11H7F4N. The van der Waals surface area contributed by atoms with Gasteiger partial charge in [-0.3, -0.25) is 0 Å². The summed E-state index contributed by atoms with van der Waals surface area (Å²) in [7, 11) is 0. The van der Waals surface area contributed by atoms with Crippen LogP contribution in [0.25, 0.3) is 0 Å². The summed E-state index contributed by atoms with van der Waals surface area (Å²) in [6.45, 7) is 0. The van der Waals surface area contributed by atoms with Gasteiger partial charge in [0.2, 0.25) is 0 Å². The summed E-state index contributed by atoms with van der Waals surface area (Å²) in [6.07, 6.45) is -3.82. The molecule has 1 aromatic carbocycles. The minimum absolute atomic E-state index is 0.107. The van der Waals surface area contributed by atoms with E-state index in [2.05, 4.69) is 0 Å². The first-order valence-corrected chi connectivity index (χ1v) is 4.67. The van der Waals surface area contributed by atoms with Crippen LogP contribution in [0.5, 0.6) is 0 Å². The van der Waals surface area contributed by atoms with Crippen molar-refractivity contribution in [2.45, 2.75) is 24.4 Å². The molecule has 0 amide bonds. The fourth-order valence-corrected chi connectivity index (χ4v) is 1.73. The van der Waals surface area contributed by atoms with Gasteiger partial charge in [0.25, 0.3) is 0 Å². The van der Waals surface area contributed by atoms with Crippen molar-refractivity contribution in [3.05, 3.63) is 35.1 Å². The zero-order valence-electron chi connectivity index (χ0n) is 8.11. The Morgan fingerprint density at radius 3 is 2.31 bits per heavy atom. The largest absolute Gasteiger partial charge is 0.416 e. The second-order valence-corrected chi connectivity index (χ2v) is 3.88. The second kappa shape index (κ2) is 3.21. The van der Waals surface area contributed by atoms with Gasteiger partial charge in [-0.25, -0.2) is 4.39 Å². The third-order valence-electron chi connectivity index (χ3n) is 2.77. The van der Waals surface area contributed by atoms with Crippen molar-refractivity contribution in [2.24, 2.45) is 0 Å². The van der Waals surface area contributed by atoms with Crippen molar-refractivity contribution >= 4 is 0 Å². The van der Waals surface area contributed by atoms with Gasteiger partial charge in [-0.15, -0.1) is 0 Å². The Morgan fingerprint density at radius 1 is 1.25 bits per heavy atom. The second-order valence-electron chi connectivity index (χ2n) is 3.88. The molecule has 0 saturated heterocycles. The lowest BCUT2D eigenvalue weighted by molar-refractivity contribution is -0.138. The van der Waals surface area contributed by atoms with E-state index in [-0.39, 0.29) is 5.56 Å². The topological polar surface area (TPSA) is 23.8 Å². The summed E-state index contributed by atoms with van der Waals surface area (Å²) in [5.74, 6) is -0.940. The van der Waals surface area contributed by atoms with Crippen molar-refractivity contribution in [3.63, 3.8) is 0 Å². The molecule has 0 spiro atoms. The van der Waals surface area contributed by atoms with Gasteiger partial charge < -0.3 is 0 Å². The third kappa shape index (κ3) is 1.64. The molecule has 1 nitrogen and oxygen atoms in total. The van der Waals surface area contributed by atoms with Crippen LogP contribution < -0.4 is 0 Å². The third-order valence-corrected chi connectivity index (χ3v) is 2.77. The maximum absolute atomic E-state index is 12.8. The van der Waals surface area contributed by atoms with Crippen LogP contribution in [0.1, 0.15) is 24.0 Å². The number of benzene rings is 1. The van der Waals surface area contributed by atoms with Gasteiger partial charge in [-0.05, 0) is 30.5 Å². The SMILES string of the molecule is N#CC1(c2ccc(F)cc2C(F)(F)F)CC1. The van der Waals surface area contributed by atoms with E-state index in [1.807, 2.05) is 6.07 Å². The number of nitriles is 1. The number of nitrogens with zero attached hydrogens (tertiary/aromatic N) is 1. The quantitative estimate of drug-likeness (QED) is 0.677. The van der Waals surface area contributed by atoms with E-state index in [1.54, 1.807) is 0 Å². The van der Waals surface area contributed by atoms with Crippen LogP contribution in [0.3, 0.4) is 0 Å². The predicted octanol–water partition coefficient (Wildman–Crippen LogP) is 3.40. The number of hydrogen-bond acceptors (Lipinski definition) is 1. The highest BCUT2D eigenvalue weighted by Crippen LogP contribution is 2.51. The standard InChI is InChI=1S/C11H7F4N/c12-7-1-2-8(10(6-16)3-4-10)9(5-7)11(13,14)15/h1-2,5H,3-4H2. The normalized spacial score (nSPS) is 17.9. The fraction of sp³-hybridized carbons (Fsp3) is 0.364. The number of halogens is 4. The smallest absolute Gasteiger partial charge is 0.207 e. The highest BCUT2D eigenvalue weighted by atomic mass is 19.4. The molecular weight excluding hydrogens is 222 g/mol. The molecule has 0 aliphatic heterocycles. The molecule has 5 heteroatoms. The summed E-state index contributed by atoms with van der Waals surface area (Å²) in [5, 5.41) is 8.86. The number of hydrogen-bond donors (Lipinski definition) is 0. The Morgan fingerprint density at radius 2 is 1.88 bits per heavy atom. The zero-order valence-corrected chi connectivity index (χ0v) is 8.11. The average molecular weight is 229 g/mol. The molecule has 0 radical (unpaired) electrons. The molecule has 1 fully saturated rings. The molecule has 1 saturated carbocycles. The average Bonchev–Trinajstić information content (AvgIpc) is 2.97. The van der Waals surface area contributed by atoms with Gasteiger partial charge in [-0.2, -0.15) is 18.4 Å². The molecule has 0 unspecified atom stereocenters. The van der Waals surface area contributed by atoms with Gasteiger partial charge >= 0.3 is 6.18 Å². The molecule has 0 aromatic heterocycles. The first-order valence-electron chi connectivity index (χ1n) is 4.67. The van der Waals surface area contributed by atoms with Crippen molar-refractivity contribution in [2.75, 3.05) is 0 Å². The highest BCUT2D eigenvalue weighted by Gasteiger charge is 2.50. The van der Waals surface area contributed by atoms with Gasteiger partial charge in [0.15, 0.2) is 0 Å². The van der Waals surface area contributed by atoms with E-state index in [0.717, 1.165) is 12.1 Å². The summed E-state index contributed by atoms with van der Waals surface area (Å²) >= 11 is 0. The van der Waals surface area contributed by atoms with Crippen LogP contribution in [0, 0.1) is 17.1 Å². The fourth-order valence-electron chi connectivity index (χ4n) is 1.73. The Balaban J connectivity index is 2.59. The molecule has 16 heavy (non-hydrogen) atoms. The van der Waals surface area contributed by atoms with E-state index in [9.17, 15) is 17.6 Å². The van der Waals surface area contributed by atoms with Gasteiger partial charge in [-0.1, -0.05) is 6.07 Å². The maximum atomic E-state index is 12.8. The van der Waals surface area contributed by atoms with Crippen molar-refractivity contribution < 1.29 is 17.6 Å². The van der Waals surface area contributed by atoms with E-state index in [1.165, 1.54) is 0 Å². The Kier molecular flexibility index (Phi) is 2.19. The van der Waals surface area contributed by atoms with Crippen LogP contribution >= 0.6 is 0 Å². The Labute approximate surface area is 89.3 Å². The summed E-state index contributed by atoms with van der Waals surface area (Å²) in [4.78, 5) is 0. The lowest BCUT2D eigenvalue weighted by Gasteiger charge is -2.15. The number of rotatable bonds is 1. The predicted molar refractivity (Wildman–Crippen MR) is 47.9 cm³/mol. The van der Waals surface area contributed by atoms with E-state index < -0.39 is 23.0 Å². The summed E-state index contributed by atoms with van der Waals surface area (Å²) in [5.41, 5.74) is -2.20. The van der Waals surface area contributed by atoms with Crippen LogP contribution in [0.2, 0.25) is 0 Å². The number of alkyl halides is 3. The summed E-state index contributed by atoms with van der Waals surface area (Å²) < 4.78 is 50.7. The lowest BCUT2D eigenvalue weighted by atomic mass is 9.92.